The second-order valence-electron chi connectivity index (χ2n) is 6.29. The number of aryl methyl sites for hydroxylation is 2. The predicted molar refractivity (Wildman–Crippen MR) is 105 cm³/mol. The molecule has 0 unspecified atom stereocenters. The molecule has 0 fully saturated rings. The second kappa shape index (κ2) is 10.5. The van der Waals surface area contributed by atoms with Gasteiger partial charge in [-0.1, -0.05) is 69.5 Å². The largest absolute Gasteiger partial charge is 0.206 e. The summed E-state index contributed by atoms with van der Waals surface area (Å²) >= 11 is 0. The van der Waals surface area contributed by atoms with Gasteiger partial charge in [-0.2, -0.15) is 10.2 Å². The van der Waals surface area contributed by atoms with Gasteiger partial charge in [-0.05, 0) is 42.0 Å². The summed E-state index contributed by atoms with van der Waals surface area (Å²) in [5.41, 5.74) is 3.82. The van der Waals surface area contributed by atoms with Crippen LogP contribution in [0.2, 0.25) is 0 Å². The van der Waals surface area contributed by atoms with Gasteiger partial charge in [0.05, 0.1) is 12.4 Å². The Morgan fingerprint density at radius 2 is 1.52 bits per heavy atom. The van der Waals surface area contributed by atoms with Crippen LogP contribution < -0.4 is 0 Å². The van der Waals surface area contributed by atoms with Crippen LogP contribution >= 0.6 is 0 Å². The molecular formula is C22H27FN2. The quantitative estimate of drug-likeness (QED) is 0.306. The Bertz CT molecular complexity index is 702. The lowest BCUT2D eigenvalue weighted by molar-refractivity contribution is 0.621. The molecule has 0 heterocycles. The molecule has 2 nitrogen and oxygen atoms in total. The molecule has 0 atom stereocenters. The molecule has 2 aromatic rings. The first-order valence-corrected chi connectivity index (χ1v) is 9.16. The van der Waals surface area contributed by atoms with Crippen LogP contribution in [0, 0.1) is 5.82 Å². The van der Waals surface area contributed by atoms with E-state index in [-0.39, 0.29) is 5.82 Å². The van der Waals surface area contributed by atoms with Crippen molar-refractivity contribution in [3.63, 3.8) is 0 Å². The van der Waals surface area contributed by atoms with Crippen LogP contribution in [0.5, 0.6) is 0 Å². The molecule has 3 heteroatoms. The van der Waals surface area contributed by atoms with E-state index in [0.717, 1.165) is 36.8 Å². The molecule has 0 aromatic heterocycles. The zero-order chi connectivity index (χ0) is 17.9. The predicted octanol–water partition coefficient (Wildman–Crippen LogP) is 5.96. The van der Waals surface area contributed by atoms with Crippen molar-refractivity contribution in [3.8, 4) is 0 Å². The van der Waals surface area contributed by atoms with Crippen LogP contribution in [-0.2, 0) is 12.8 Å². The molecule has 0 amide bonds. The van der Waals surface area contributed by atoms with Crippen molar-refractivity contribution in [2.45, 2.75) is 52.4 Å². The third-order valence-corrected chi connectivity index (χ3v) is 4.12. The first kappa shape index (κ1) is 19.0. The Balaban J connectivity index is 1.92. The SMILES string of the molecule is CCCCCc1ccc(C=NN=Cc2ccc(CCC)cc2)c(F)c1. The number of halogens is 1. The van der Waals surface area contributed by atoms with Crippen LogP contribution in [0.15, 0.2) is 52.7 Å². The molecule has 0 aliphatic heterocycles. The van der Waals surface area contributed by atoms with Gasteiger partial charge in [-0.25, -0.2) is 4.39 Å². The molecule has 0 bridgehead atoms. The molecule has 0 N–H and O–H groups in total. The third-order valence-electron chi connectivity index (χ3n) is 4.12. The molecule has 25 heavy (non-hydrogen) atoms. The van der Waals surface area contributed by atoms with E-state index in [0.29, 0.717) is 5.56 Å². The molecule has 132 valence electrons. The minimum absolute atomic E-state index is 0.239. The van der Waals surface area contributed by atoms with E-state index in [4.69, 9.17) is 0 Å². The maximum atomic E-state index is 14.1. The standard InChI is InChI=1S/C22H27FN2/c1-3-5-6-8-19-13-14-21(22(23)15-19)17-25-24-16-20-11-9-18(7-4-2)10-12-20/h9-17H,3-8H2,1-2H3. The van der Waals surface area contributed by atoms with Crippen LogP contribution in [0.25, 0.3) is 0 Å². The van der Waals surface area contributed by atoms with Gasteiger partial charge in [0.25, 0.3) is 0 Å². The Labute approximate surface area is 150 Å². The summed E-state index contributed by atoms with van der Waals surface area (Å²) in [6.07, 6.45) is 9.75. The summed E-state index contributed by atoms with van der Waals surface area (Å²) in [7, 11) is 0. The number of nitrogens with zero attached hydrogens (tertiary/aromatic N) is 2. The second-order valence-corrected chi connectivity index (χ2v) is 6.29. The average molecular weight is 338 g/mol. The normalized spacial score (nSPS) is 11.6. The Hall–Kier alpha value is -2.29. The minimum atomic E-state index is -0.239. The number of benzene rings is 2. The molecule has 0 spiro atoms. The van der Waals surface area contributed by atoms with Crippen molar-refractivity contribution in [1.82, 2.24) is 0 Å². The van der Waals surface area contributed by atoms with Gasteiger partial charge in [-0.3, -0.25) is 0 Å². The highest BCUT2D eigenvalue weighted by Gasteiger charge is 2.01. The maximum absolute atomic E-state index is 14.1. The Kier molecular flexibility index (Phi) is 8.03. The van der Waals surface area contributed by atoms with Crippen LogP contribution in [0.1, 0.15) is 61.8 Å². The van der Waals surface area contributed by atoms with E-state index in [1.807, 2.05) is 18.2 Å². The van der Waals surface area contributed by atoms with Crippen LogP contribution in [0.3, 0.4) is 0 Å². The van der Waals surface area contributed by atoms with Crippen molar-refractivity contribution < 1.29 is 4.39 Å². The summed E-state index contributed by atoms with van der Waals surface area (Å²) in [6, 6.07) is 13.6. The molecule has 0 saturated heterocycles. The van der Waals surface area contributed by atoms with Gasteiger partial charge in [0.1, 0.15) is 5.82 Å². The van der Waals surface area contributed by atoms with E-state index in [1.165, 1.54) is 24.6 Å². The van der Waals surface area contributed by atoms with Crippen molar-refractivity contribution >= 4 is 12.4 Å². The molecule has 2 aromatic carbocycles. The van der Waals surface area contributed by atoms with Gasteiger partial charge < -0.3 is 0 Å². The number of rotatable bonds is 9. The maximum Gasteiger partial charge on any atom is 0.132 e. The smallest absolute Gasteiger partial charge is 0.132 e. The topological polar surface area (TPSA) is 24.7 Å². The van der Waals surface area contributed by atoms with Crippen molar-refractivity contribution in [2.24, 2.45) is 10.2 Å². The van der Waals surface area contributed by atoms with E-state index >= 15 is 0 Å². The summed E-state index contributed by atoms with van der Waals surface area (Å²) in [6.45, 7) is 4.33. The average Bonchev–Trinajstić information content (AvgIpc) is 2.62. The highest BCUT2D eigenvalue weighted by Crippen LogP contribution is 2.12. The Morgan fingerprint density at radius 3 is 2.20 bits per heavy atom. The van der Waals surface area contributed by atoms with E-state index in [9.17, 15) is 4.39 Å². The number of unbranched alkanes of at least 4 members (excludes halogenated alkanes) is 2. The van der Waals surface area contributed by atoms with Gasteiger partial charge in [0, 0.05) is 5.56 Å². The molecule has 0 aliphatic carbocycles. The van der Waals surface area contributed by atoms with Gasteiger partial charge in [-0.15, -0.1) is 0 Å². The Morgan fingerprint density at radius 1 is 0.800 bits per heavy atom. The molecule has 2 rings (SSSR count). The number of hydrogen-bond donors (Lipinski definition) is 0. The first-order chi connectivity index (χ1) is 12.2. The third kappa shape index (κ3) is 6.61. The molecular weight excluding hydrogens is 311 g/mol. The highest BCUT2D eigenvalue weighted by atomic mass is 19.1. The van der Waals surface area contributed by atoms with Crippen molar-refractivity contribution in [3.05, 3.63) is 70.5 Å². The van der Waals surface area contributed by atoms with Gasteiger partial charge in [0.15, 0.2) is 0 Å². The zero-order valence-electron chi connectivity index (χ0n) is 15.2. The lowest BCUT2D eigenvalue weighted by atomic mass is 10.1. The summed E-state index contributed by atoms with van der Waals surface area (Å²) in [5, 5.41) is 7.98. The summed E-state index contributed by atoms with van der Waals surface area (Å²) in [5.74, 6) is -0.239. The summed E-state index contributed by atoms with van der Waals surface area (Å²) in [4.78, 5) is 0. The fourth-order valence-electron chi connectivity index (χ4n) is 2.66. The minimum Gasteiger partial charge on any atom is -0.206 e. The first-order valence-electron chi connectivity index (χ1n) is 9.16. The molecule has 0 saturated carbocycles. The number of hydrogen-bond acceptors (Lipinski definition) is 2. The van der Waals surface area contributed by atoms with Gasteiger partial charge >= 0.3 is 0 Å². The monoisotopic (exact) mass is 338 g/mol. The molecule has 0 aliphatic rings. The van der Waals surface area contributed by atoms with E-state index in [2.05, 4.69) is 36.2 Å². The lowest BCUT2D eigenvalue weighted by Crippen LogP contribution is -1.92. The van der Waals surface area contributed by atoms with E-state index < -0.39 is 0 Å². The van der Waals surface area contributed by atoms with Crippen LogP contribution in [0.4, 0.5) is 4.39 Å². The van der Waals surface area contributed by atoms with E-state index in [1.54, 1.807) is 18.3 Å². The molecule has 0 radical (unpaired) electrons. The lowest BCUT2D eigenvalue weighted by Gasteiger charge is -2.02. The van der Waals surface area contributed by atoms with Gasteiger partial charge in [0.2, 0.25) is 0 Å². The summed E-state index contributed by atoms with van der Waals surface area (Å²) < 4.78 is 14.1. The highest BCUT2D eigenvalue weighted by molar-refractivity contribution is 5.82. The van der Waals surface area contributed by atoms with Crippen LogP contribution in [-0.4, -0.2) is 12.4 Å². The fourth-order valence-corrected chi connectivity index (χ4v) is 2.66. The van der Waals surface area contributed by atoms with Crippen molar-refractivity contribution in [2.75, 3.05) is 0 Å². The fraction of sp³-hybridized carbons (Fsp3) is 0.364. The zero-order valence-corrected chi connectivity index (χ0v) is 15.2. The van der Waals surface area contributed by atoms with Crippen molar-refractivity contribution in [1.29, 1.82) is 0 Å².